The highest BCUT2D eigenvalue weighted by Gasteiger charge is 2.14. The molecule has 2 aromatic rings. The van der Waals surface area contributed by atoms with Crippen LogP contribution in [0.5, 0.6) is 0 Å². The van der Waals surface area contributed by atoms with Crippen molar-refractivity contribution in [2.75, 3.05) is 0 Å². The highest BCUT2D eigenvalue weighted by molar-refractivity contribution is 6.31. The first-order valence-corrected chi connectivity index (χ1v) is 7.45. The van der Waals surface area contributed by atoms with Crippen molar-refractivity contribution in [2.45, 2.75) is 39.2 Å². The fraction of sp³-hybridized carbons (Fsp3) is 0.333. The van der Waals surface area contributed by atoms with E-state index in [2.05, 4.69) is 26.0 Å². The van der Waals surface area contributed by atoms with Crippen LogP contribution in [0.1, 0.15) is 54.5 Å². The second-order valence-electron chi connectivity index (χ2n) is 5.33. The zero-order valence-corrected chi connectivity index (χ0v) is 13.0. The molecule has 0 bridgehead atoms. The molecule has 0 saturated heterocycles. The Morgan fingerprint density at radius 3 is 2.25 bits per heavy atom. The molecule has 2 aromatic carbocycles. The molecule has 20 heavy (non-hydrogen) atoms. The Labute approximate surface area is 126 Å². The Bertz CT molecular complexity index is 574. The Hall–Kier alpha value is -1.31. The molecule has 0 radical (unpaired) electrons. The molecular formula is C18H21ClO. The summed E-state index contributed by atoms with van der Waals surface area (Å²) in [5.74, 6) is 0.550. The second kappa shape index (κ2) is 6.43. The Morgan fingerprint density at radius 2 is 1.65 bits per heavy atom. The SMILES string of the molecule is CCC(C)c1ccc(C(O)c2cccc(Cl)c2C)cc1. The van der Waals surface area contributed by atoms with Gasteiger partial charge in [-0.3, -0.25) is 0 Å². The fourth-order valence-electron chi connectivity index (χ4n) is 2.34. The Balaban J connectivity index is 2.29. The van der Waals surface area contributed by atoms with Gasteiger partial charge in [-0.2, -0.15) is 0 Å². The van der Waals surface area contributed by atoms with E-state index >= 15 is 0 Å². The van der Waals surface area contributed by atoms with Crippen molar-refractivity contribution in [2.24, 2.45) is 0 Å². The molecule has 0 heterocycles. The van der Waals surface area contributed by atoms with Crippen molar-refractivity contribution in [3.05, 3.63) is 69.7 Å². The van der Waals surface area contributed by atoms with E-state index in [4.69, 9.17) is 11.6 Å². The van der Waals surface area contributed by atoms with E-state index in [9.17, 15) is 5.11 Å². The van der Waals surface area contributed by atoms with Crippen molar-refractivity contribution in [3.63, 3.8) is 0 Å². The van der Waals surface area contributed by atoms with Crippen molar-refractivity contribution in [1.82, 2.24) is 0 Å². The Morgan fingerprint density at radius 1 is 1.05 bits per heavy atom. The van der Waals surface area contributed by atoms with Gasteiger partial charge in [-0.05, 0) is 47.6 Å². The van der Waals surface area contributed by atoms with Crippen LogP contribution in [0.2, 0.25) is 5.02 Å². The summed E-state index contributed by atoms with van der Waals surface area (Å²) < 4.78 is 0. The van der Waals surface area contributed by atoms with Gasteiger partial charge in [0.1, 0.15) is 6.10 Å². The van der Waals surface area contributed by atoms with Gasteiger partial charge in [0.05, 0.1) is 0 Å². The lowest BCUT2D eigenvalue weighted by atomic mass is 9.93. The van der Waals surface area contributed by atoms with Gasteiger partial charge in [0, 0.05) is 5.02 Å². The molecule has 0 fully saturated rings. The molecule has 0 aliphatic carbocycles. The van der Waals surface area contributed by atoms with E-state index in [0.29, 0.717) is 10.9 Å². The van der Waals surface area contributed by atoms with Crippen molar-refractivity contribution >= 4 is 11.6 Å². The summed E-state index contributed by atoms with van der Waals surface area (Å²) in [5, 5.41) is 11.2. The molecule has 106 valence electrons. The molecule has 0 saturated carbocycles. The van der Waals surface area contributed by atoms with Crippen LogP contribution >= 0.6 is 11.6 Å². The maximum atomic E-state index is 10.5. The third kappa shape index (κ3) is 3.05. The van der Waals surface area contributed by atoms with Gasteiger partial charge in [-0.15, -0.1) is 0 Å². The normalized spacial score (nSPS) is 14.1. The lowest BCUT2D eigenvalue weighted by molar-refractivity contribution is 0.219. The lowest BCUT2D eigenvalue weighted by Crippen LogP contribution is -2.03. The topological polar surface area (TPSA) is 20.2 Å². The molecule has 2 unspecified atom stereocenters. The minimum absolute atomic E-state index is 0.550. The summed E-state index contributed by atoms with van der Waals surface area (Å²) in [4.78, 5) is 0. The summed E-state index contributed by atoms with van der Waals surface area (Å²) in [6, 6.07) is 13.9. The maximum absolute atomic E-state index is 10.5. The summed E-state index contributed by atoms with van der Waals surface area (Å²) in [5.41, 5.74) is 4.02. The van der Waals surface area contributed by atoms with Gasteiger partial charge in [0.2, 0.25) is 0 Å². The minimum Gasteiger partial charge on any atom is -0.384 e. The van der Waals surface area contributed by atoms with Crippen LogP contribution in [0.3, 0.4) is 0 Å². The van der Waals surface area contributed by atoms with E-state index < -0.39 is 6.10 Å². The molecular weight excluding hydrogens is 268 g/mol. The van der Waals surface area contributed by atoms with Crippen LogP contribution in [0.25, 0.3) is 0 Å². The highest BCUT2D eigenvalue weighted by atomic mass is 35.5. The molecule has 2 heteroatoms. The third-order valence-electron chi connectivity index (χ3n) is 4.04. The van der Waals surface area contributed by atoms with E-state index in [-0.39, 0.29) is 0 Å². The van der Waals surface area contributed by atoms with E-state index in [0.717, 1.165) is 23.1 Å². The number of hydrogen-bond acceptors (Lipinski definition) is 1. The van der Waals surface area contributed by atoms with E-state index in [1.54, 1.807) is 0 Å². The average Bonchev–Trinajstić information content (AvgIpc) is 2.48. The van der Waals surface area contributed by atoms with Crippen LogP contribution in [0.4, 0.5) is 0 Å². The molecule has 1 N–H and O–H groups in total. The molecule has 0 aliphatic rings. The fourth-order valence-corrected chi connectivity index (χ4v) is 2.52. The molecule has 1 nitrogen and oxygen atoms in total. The van der Waals surface area contributed by atoms with E-state index in [1.165, 1.54) is 5.56 Å². The average molecular weight is 289 g/mol. The summed E-state index contributed by atoms with van der Waals surface area (Å²) in [6.07, 6.45) is 0.495. The van der Waals surface area contributed by atoms with Crippen LogP contribution in [-0.2, 0) is 0 Å². The number of halogens is 1. The highest BCUT2D eigenvalue weighted by Crippen LogP contribution is 2.29. The first-order chi connectivity index (χ1) is 9.54. The zero-order chi connectivity index (χ0) is 14.7. The molecule has 0 aliphatic heterocycles. The predicted octanol–water partition coefficient (Wildman–Crippen LogP) is 5.24. The van der Waals surface area contributed by atoms with Crippen molar-refractivity contribution < 1.29 is 5.11 Å². The molecule has 0 aromatic heterocycles. The first-order valence-electron chi connectivity index (χ1n) is 7.07. The number of hydrogen-bond donors (Lipinski definition) is 1. The molecule has 2 atom stereocenters. The predicted molar refractivity (Wildman–Crippen MR) is 85.4 cm³/mol. The molecule has 0 amide bonds. The molecule has 0 spiro atoms. The van der Waals surface area contributed by atoms with E-state index in [1.807, 2.05) is 37.3 Å². The zero-order valence-electron chi connectivity index (χ0n) is 12.2. The standard InChI is InChI=1S/C18H21ClO/c1-4-12(2)14-8-10-15(11-9-14)18(20)16-6-5-7-17(19)13(16)3/h5-12,18,20H,4H2,1-3H3. The van der Waals surface area contributed by atoms with Crippen LogP contribution in [-0.4, -0.2) is 5.11 Å². The van der Waals surface area contributed by atoms with Gasteiger partial charge in [-0.1, -0.05) is 61.8 Å². The van der Waals surface area contributed by atoms with Gasteiger partial charge in [0.25, 0.3) is 0 Å². The monoisotopic (exact) mass is 288 g/mol. The number of aliphatic hydroxyl groups excluding tert-OH is 1. The van der Waals surface area contributed by atoms with Crippen LogP contribution < -0.4 is 0 Å². The number of aliphatic hydroxyl groups is 1. The minimum atomic E-state index is -0.625. The van der Waals surface area contributed by atoms with Crippen LogP contribution in [0, 0.1) is 6.92 Å². The van der Waals surface area contributed by atoms with Gasteiger partial charge in [0.15, 0.2) is 0 Å². The second-order valence-corrected chi connectivity index (χ2v) is 5.74. The smallest absolute Gasteiger partial charge is 0.104 e. The summed E-state index contributed by atoms with van der Waals surface area (Å²) >= 11 is 6.12. The lowest BCUT2D eigenvalue weighted by Gasteiger charge is -2.16. The number of benzene rings is 2. The largest absolute Gasteiger partial charge is 0.384 e. The van der Waals surface area contributed by atoms with Crippen molar-refractivity contribution in [3.8, 4) is 0 Å². The maximum Gasteiger partial charge on any atom is 0.104 e. The van der Waals surface area contributed by atoms with Crippen molar-refractivity contribution in [1.29, 1.82) is 0 Å². The third-order valence-corrected chi connectivity index (χ3v) is 4.45. The van der Waals surface area contributed by atoms with Gasteiger partial charge in [-0.25, -0.2) is 0 Å². The van der Waals surface area contributed by atoms with Gasteiger partial charge < -0.3 is 5.11 Å². The Kier molecular flexibility index (Phi) is 4.85. The number of rotatable bonds is 4. The summed E-state index contributed by atoms with van der Waals surface area (Å²) in [6.45, 7) is 6.34. The first kappa shape index (κ1) is 15.1. The van der Waals surface area contributed by atoms with Crippen LogP contribution in [0.15, 0.2) is 42.5 Å². The quantitative estimate of drug-likeness (QED) is 0.815. The molecule has 2 rings (SSSR count). The summed E-state index contributed by atoms with van der Waals surface area (Å²) in [7, 11) is 0. The van der Waals surface area contributed by atoms with Gasteiger partial charge >= 0.3 is 0 Å².